The summed E-state index contributed by atoms with van der Waals surface area (Å²) in [6.07, 6.45) is 6.96. The van der Waals surface area contributed by atoms with Gasteiger partial charge in [0.05, 0.1) is 13.1 Å². The minimum Gasteiger partial charge on any atom is -0.492 e. The van der Waals surface area contributed by atoms with E-state index in [1.165, 1.54) is 19.3 Å². The van der Waals surface area contributed by atoms with Crippen LogP contribution in [0.5, 0.6) is 5.75 Å². The van der Waals surface area contributed by atoms with Crippen LogP contribution >= 0.6 is 11.6 Å². The fourth-order valence-electron chi connectivity index (χ4n) is 5.69. The fraction of sp³-hybridized carbons (Fsp3) is 0.619. The van der Waals surface area contributed by atoms with E-state index >= 15 is 0 Å². The molecule has 4 aliphatic carbocycles. The van der Waals surface area contributed by atoms with E-state index in [4.69, 9.17) is 16.3 Å². The third-order valence-electron chi connectivity index (χ3n) is 6.44. The summed E-state index contributed by atoms with van der Waals surface area (Å²) in [6.45, 7) is 0.812. The highest BCUT2D eigenvalue weighted by Gasteiger charge is 2.54. The number of halogens is 1. The molecule has 2 amide bonds. The molecule has 146 valence electrons. The Bertz CT molecular complexity index is 669. The van der Waals surface area contributed by atoms with Crippen molar-refractivity contribution in [3.63, 3.8) is 0 Å². The average molecular weight is 391 g/mol. The predicted octanol–water partition coefficient (Wildman–Crippen LogP) is 3.17. The van der Waals surface area contributed by atoms with Crippen molar-refractivity contribution in [2.24, 2.45) is 23.2 Å². The standard InChI is InChI=1S/C21H27ClN2O3/c22-17-1-3-18(4-2-17)27-6-5-23-19(25)13-24-20(26)21-10-14-7-15(11-21)9-16(8-14)12-21/h1-4,14-16H,5-13H2,(H,23,25)(H,24,26). The lowest BCUT2D eigenvalue weighted by Crippen LogP contribution is -2.54. The second kappa shape index (κ2) is 7.70. The van der Waals surface area contributed by atoms with Crippen molar-refractivity contribution in [2.45, 2.75) is 38.5 Å². The number of hydrogen-bond acceptors (Lipinski definition) is 3. The van der Waals surface area contributed by atoms with Gasteiger partial charge in [-0.3, -0.25) is 9.59 Å². The molecule has 0 aliphatic heterocycles. The number of rotatable bonds is 7. The van der Waals surface area contributed by atoms with Gasteiger partial charge < -0.3 is 15.4 Å². The minimum absolute atomic E-state index is 0.0432. The zero-order valence-corrected chi connectivity index (χ0v) is 16.3. The Labute approximate surface area is 165 Å². The van der Waals surface area contributed by atoms with Gasteiger partial charge >= 0.3 is 0 Å². The van der Waals surface area contributed by atoms with Gasteiger partial charge in [0.1, 0.15) is 12.4 Å². The molecule has 2 N–H and O–H groups in total. The van der Waals surface area contributed by atoms with Crippen molar-refractivity contribution >= 4 is 23.4 Å². The maximum Gasteiger partial charge on any atom is 0.239 e. The van der Waals surface area contributed by atoms with Gasteiger partial charge in [-0.1, -0.05) is 11.6 Å². The van der Waals surface area contributed by atoms with E-state index < -0.39 is 0 Å². The lowest BCUT2D eigenvalue weighted by Gasteiger charge is -2.55. The molecular weight excluding hydrogens is 364 g/mol. The molecule has 0 heterocycles. The number of amides is 2. The van der Waals surface area contributed by atoms with Crippen molar-refractivity contribution < 1.29 is 14.3 Å². The molecule has 4 saturated carbocycles. The highest BCUT2D eigenvalue weighted by Crippen LogP contribution is 2.60. The number of carbonyl (C=O) groups excluding carboxylic acids is 2. The fourth-order valence-corrected chi connectivity index (χ4v) is 5.82. The van der Waals surface area contributed by atoms with Crippen LogP contribution < -0.4 is 15.4 Å². The molecule has 0 spiro atoms. The first kappa shape index (κ1) is 18.6. The van der Waals surface area contributed by atoms with Crippen molar-refractivity contribution in [1.29, 1.82) is 0 Å². The monoisotopic (exact) mass is 390 g/mol. The second-order valence-electron chi connectivity index (χ2n) is 8.53. The smallest absolute Gasteiger partial charge is 0.239 e. The second-order valence-corrected chi connectivity index (χ2v) is 8.97. The third-order valence-corrected chi connectivity index (χ3v) is 6.69. The van der Waals surface area contributed by atoms with Crippen LogP contribution in [-0.4, -0.2) is 31.5 Å². The van der Waals surface area contributed by atoms with Gasteiger partial charge in [-0.2, -0.15) is 0 Å². The van der Waals surface area contributed by atoms with E-state index in [9.17, 15) is 9.59 Å². The largest absolute Gasteiger partial charge is 0.492 e. The molecule has 1 aromatic rings. The summed E-state index contributed by atoms with van der Waals surface area (Å²) >= 11 is 5.83. The van der Waals surface area contributed by atoms with Gasteiger partial charge in [0, 0.05) is 10.4 Å². The van der Waals surface area contributed by atoms with Crippen LogP contribution in [0, 0.1) is 23.2 Å². The summed E-state index contributed by atoms with van der Waals surface area (Å²) in [6, 6.07) is 7.09. The van der Waals surface area contributed by atoms with E-state index in [-0.39, 0.29) is 23.8 Å². The van der Waals surface area contributed by atoms with Gasteiger partial charge in [0.25, 0.3) is 0 Å². The topological polar surface area (TPSA) is 67.4 Å². The quantitative estimate of drug-likeness (QED) is 0.703. The predicted molar refractivity (Wildman–Crippen MR) is 104 cm³/mol. The lowest BCUT2D eigenvalue weighted by molar-refractivity contribution is -0.147. The molecule has 4 fully saturated rings. The first-order valence-corrected chi connectivity index (χ1v) is 10.3. The lowest BCUT2D eigenvalue weighted by atomic mass is 9.49. The number of hydrogen-bond donors (Lipinski definition) is 2. The molecule has 0 unspecified atom stereocenters. The van der Waals surface area contributed by atoms with E-state index in [2.05, 4.69) is 10.6 Å². The van der Waals surface area contributed by atoms with Crippen molar-refractivity contribution in [2.75, 3.05) is 19.7 Å². The molecule has 27 heavy (non-hydrogen) atoms. The maximum absolute atomic E-state index is 12.8. The number of ether oxygens (including phenoxy) is 1. The summed E-state index contributed by atoms with van der Waals surface area (Å²) in [5, 5.41) is 6.34. The van der Waals surface area contributed by atoms with E-state index in [1.54, 1.807) is 24.3 Å². The van der Waals surface area contributed by atoms with Crippen LogP contribution in [0.4, 0.5) is 0 Å². The molecule has 0 atom stereocenters. The highest BCUT2D eigenvalue weighted by molar-refractivity contribution is 6.30. The molecular formula is C21H27ClN2O3. The molecule has 1 aromatic carbocycles. The summed E-state index contributed by atoms with van der Waals surface area (Å²) in [5.41, 5.74) is -0.202. The van der Waals surface area contributed by atoms with Crippen LogP contribution in [0.3, 0.4) is 0 Å². The molecule has 0 aromatic heterocycles. The van der Waals surface area contributed by atoms with Crippen LogP contribution in [-0.2, 0) is 9.59 Å². The molecule has 0 saturated heterocycles. The number of nitrogens with one attached hydrogen (secondary N) is 2. The van der Waals surface area contributed by atoms with E-state index in [0.29, 0.717) is 23.9 Å². The van der Waals surface area contributed by atoms with Crippen molar-refractivity contribution in [3.8, 4) is 5.75 Å². The van der Waals surface area contributed by atoms with Crippen molar-refractivity contribution in [1.82, 2.24) is 10.6 Å². The Morgan fingerprint density at radius 2 is 1.59 bits per heavy atom. The Morgan fingerprint density at radius 3 is 2.19 bits per heavy atom. The summed E-state index contributed by atoms with van der Waals surface area (Å²) in [5.74, 6) is 2.80. The number of carbonyl (C=O) groups is 2. The third kappa shape index (κ3) is 4.23. The molecule has 0 radical (unpaired) electrons. The van der Waals surface area contributed by atoms with Gasteiger partial charge in [-0.05, 0) is 80.5 Å². The normalized spacial score (nSPS) is 30.8. The van der Waals surface area contributed by atoms with Gasteiger partial charge in [-0.25, -0.2) is 0 Å². The van der Waals surface area contributed by atoms with E-state index in [0.717, 1.165) is 37.0 Å². The van der Waals surface area contributed by atoms with Crippen LogP contribution in [0.15, 0.2) is 24.3 Å². The van der Waals surface area contributed by atoms with Crippen LogP contribution in [0.2, 0.25) is 5.02 Å². The highest BCUT2D eigenvalue weighted by atomic mass is 35.5. The Balaban J connectivity index is 1.17. The first-order chi connectivity index (χ1) is 13.0. The zero-order valence-electron chi connectivity index (χ0n) is 15.5. The van der Waals surface area contributed by atoms with Crippen LogP contribution in [0.1, 0.15) is 38.5 Å². The van der Waals surface area contributed by atoms with Gasteiger partial charge in [0.15, 0.2) is 0 Å². The molecule has 6 heteroatoms. The molecule has 4 bridgehead atoms. The molecule has 4 aliphatic rings. The number of benzene rings is 1. The maximum atomic E-state index is 12.8. The van der Waals surface area contributed by atoms with Crippen LogP contribution in [0.25, 0.3) is 0 Å². The Morgan fingerprint density at radius 1 is 1.00 bits per heavy atom. The van der Waals surface area contributed by atoms with Crippen molar-refractivity contribution in [3.05, 3.63) is 29.3 Å². The van der Waals surface area contributed by atoms with Gasteiger partial charge in [0.2, 0.25) is 11.8 Å². The average Bonchev–Trinajstić information content (AvgIpc) is 2.63. The minimum atomic E-state index is -0.202. The summed E-state index contributed by atoms with van der Waals surface area (Å²) in [7, 11) is 0. The summed E-state index contributed by atoms with van der Waals surface area (Å²) in [4.78, 5) is 24.8. The first-order valence-electron chi connectivity index (χ1n) is 9.96. The summed E-state index contributed by atoms with van der Waals surface area (Å²) < 4.78 is 5.54. The Kier molecular flexibility index (Phi) is 5.31. The van der Waals surface area contributed by atoms with Gasteiger partial charge in [-0.15, -0.1) is 0 Å². The SMILES string of the molecule is O=C(CNC(=O)C12CC3CC(CC(C3)C1)C2)NCCOc1ccc(Cl)cc1. The Hall–Kier alpha value is -1.75. The zero-order chi connectivity index (χ0) is 18.9. The molecule has 5 nitrogen and oxygen atoms in total. The molecule has 5 rings (SSSR count). The van der Waals surface area contributed by atoms with E-state index in [1.807, 2.05) is 0 Å².